The molecule has 0 saturated carbocycles. The number of benzene rings is 2. The van der Waals surface area contributed by atoms with E-state index < -0.39 is 0 Å². The van der Waals surface area contributed by atoms with E-state index in [9.17, 15) is 4.79 Å². The van der Waals surface area contributed by atoms with Crippen LogP contribution in [0.1, 0.15) is 29.3 Å². The number of Topliss-reactive ketones (excluding diaryl/α,β-unsaturated/α-hetero) is 1. The molecule has 0 radical (unpaired) electrons. The molecule has 1 heterocycles. The quantitative estimate of drug-likeness (QED) is 0.622. The summed E-state index contributed by atoms with van der Waals surface area (Å²) in [4.78, 5) is 12.1. The van der Waals surface area contributed by atoms with Crippen LogP contribution in [0.4, 0.5) is 0 Å². The first kappa shape index (κ1) is 15.3. The number of fused-ring (bicyclic) bond motifs is 1. The summed E-state index contributed by atoms with van der Waals surface area (Å²) in [5.41, 5.74) is 3.02. The van der Waals surface area contributed by atoms with Crippen LogP contribution in [-0.4, -0.2) is 17.0 Å². The summed E-state index contributed by atoms with van der Waals surface area (Å²) in [6.45, 7) is 5.23. The van der Waals surface area contributed by atoms with Crippen LogP contribution in [0.3, 0.4) is 0 Å². The van der Waals surface area contributed by atoms with Crippen molar-refractivity contribution in [3.8, 4) is 5.75 Å². The van der Waals surface area contributed by atoms with Gasteiger partial charge in [-0.3, -0.25) is 4.79 Å². The van der Waals surface area contributed by atoms with Crippen molar-refractivity contribution in [3.05, 3.63) is 65.9 Å². The number of rotatable bonds is 6. The number of hydrogen-bond donors (Lipinski definition) is 0. The van der Waals surface area contributed by atoms with Crippen molar-refractivity contribution in [2.75, 3.05) is 6.61 Å². The number of para-hydroxylation sites is 2. The third-order valence-electron chi connectivity index (χ3n) is 4.09. The van der Waals surface area contributed by atoms with Gasteiger partial charge in [0.25, 0.3) is 0 Å². The molecule has 0 aliphatic rings. The van der Waals surface area contributed by atoms with Crippen LogP contribution in [0.15, 0.2) is 54.7 Å². The Kier molecular flexibility index (Phi) is 4.47. The summed E-state index contributed by atoms with van der Waals surface area (Å²) in [5.74, 6) is 1.09. The third-order valence-corrected chi connectivity index (χ3v) is 4.09. The summed E-state index contributed by atoms with van der Waals surface area (Å²) in [6.07, 6.45) is 2.48. The zero-order valence-electron chi connectivity index (χ0n) is 13.6. The molecule has 0 bridgehead atoms. The topological polar surface area (TPSA) is 31.2 Å². The number of hydrogen-bond acceptors (Lipinski definition) is 2. The van der Waals surface area contributed by atoms with E-state index in [1.807, 2.05) is 62.5 Å². The van der Waals surface area contributed by atoms with E-state index >= 15 is 0 Å². The molecule has 0 unspecified atom stereocenters. The Morgan fingerprint density at radius 2 is 1.83 bits per heavy atom. The number of nitrogens with zero attached hydrogens (tertiary/aromatic N) is 1. The Balaban J connectivity index is 1.80. The fourth-order valence-corrected chi connectivity index (χ4v) is 2.82. The zero-order valence-corrected chi connectivity index (χ0v) is 13.6. The van der Waals surface area contributed by atoms with Crippen LogP contribution >= 0.6 is 0 Å². The van der Waals surface area contributed by atoms with Gasteiger partial charge in [0.2, 0.25) is 0 Å². The lowest BCUT2D eigenvalue weighted by molar-refractivity contribution is 0.0989. The molecular weight excluding hydrogens is 286 g/mol. The van der Waals surface area contributed by atoms with E-state index in [-0.39, 0.29) is 5.78 Å². The minimum Gasteiger partial charge on any atom is -0.491 e. The molecule has 0 aliphatic heterocycles. The fraction of sp³-hybridized carbons (Fsp3) is 0.250. The second-order valence-electron chi connectivity index (χ2n) is 5.64. The maximum atomic E-state index is 12.1. The van der Waals surface area contributed by atoms with E-state index in [0.717, 1.165) is 27.8 Å². The molecule has 118 valence electrons. The van der Waals surface area contributed by atoms with Gasteiger partial charge in [-0.05, 0) is 24.6 Å². The van der Waals surface area contributed by atoms with E-state index in [4.69, 9.17) is 4.74 Å². The van der Waals surface area contributed by atoms with Gasteiger partial charge < -0.3 is 9.30 Å². The fourth-order valence-electron chi connectivity index (χ4n) is 2.82. The van der Waals surface area contributed by atoms with Crippen LogP contribution in [0, 0.1) is 6.92 Å². The van der Waals surface area contributed by atoms with Gasteiger partial charge in [-0.2, -0.15) is 0 Å². The molecule has 3 nitrogen and oxygen atoms in total. The number of aromatic nitrogens is 1. The lowest BCUT2D eigenvalue weighted by atomic mass is 10.1. The van der Waals surface area contributed by atoms with Gasteiger partial charge >= 0.3 is 0 Å². The number of ether oxygens (including phenoxy) is 1. The molecular formula is C20H21NO2. The van der Waals surface area contributed by atoms with Gasteiger partial charge in [-0.1, -0.05) is 43.3 Å². The second-order valence-corrected chi connectivity index (χ2v) is 5.64. The van der Waals surface area contributed by atoms with Crippen molar-refractivity contribution in [1.29, 1.82) is 0 Å². The Bertz CT molecular complexity index is 833. The van der Waals surface area contributed by atoms with Crippen molar-refractivity contribution in [2.24, 2.45) is 0 Å². The highest BCUT2D eigenvalue weighted by atomic mass is 16.5. The van der Waals surface area contributed by atoms with Crippen molar-refractivity contribution < 1.29 is 9.53 Å². The molecule has 0 aliphatic carbocycles. The van der Waals surface area contributed by atoms with E-state index in [2.05, 4.69) is 10.6 Å². The highest BCUT2D eigenvalue weighted by Crippen LogP contribution is 2.23. The highest BCUT2D eigenvalue weighted by molar-refractivity contribution is 6.07. The lowest BCUT2D eigenvalue weighted by Crippen LogP contribution is -2.08. The smallest absolute Gasteiger partial charge is 0.164 e. The minimum absolute atomic E-state index is 0.180. The Morgan fingerprint density at radius 3 is 2.61 bits per heavy atom. The standard InChI is InChI=1S/C20H21NO2/c1-3-19(22)17-14-21(18-10-6-5-9-16(17)18)12-13-23-20-11-7-4-8-15(20)2/h4-11,14H,3,12-13H2,1-2H3. The molecule has 23 heavy (non-hydrogen) atoms. The maximum Gasteiger partial charge on any atom is 0.164 e. The third kappa shape index (κ3) is 3.14. The average molecular weight is 307 g/mol. The molecule has 3 rings (SSSR count). The number of carbonyl (C=O) groups excluding carboxylic acids is 1. The SMILES string of the molecule is CCC(=O)c1cn(CCOc2ccccc2C)c2ccccc12. The first-order valence-corrected chi connectivity index (χ1v) is 8.00. The molecule has 0 atom stereocenters. The van der Waals surface area contributed by atoms with Crippen molar-refractivity contribution in [1.82, 2.24) is 4.57 Å². The van der Waals surface area contributed by atoms with Gasteiger partial charge in [0.1, 0.15) is 12.4 Å². The summed E-state index contributed by atoms with van der Waals surface area (Å²) in [7, 11) is 0. The monoisotopic (exact) mass is 307 g/mol. The van der Waals surface area contributed by atoms with Crippen LogP contribution in [0.5, 0.6) is 5.75 Å². The molecule has 0 saturated heterocycles. The molecule has 1 aromatic heterocycles. The number of ketones is 1. The van der Waals surface area contributed by atoms with E-state index in [1.165, 1.54) is 0 Å². The predicted molar refractivity (Wildman–Crippen MR) is 93.2 cm³/mol. The van der Waals surface area contributed by atoms with E-state index in [0.29, 0.717) is 19.6 Å². The second kappa shape index (κ2) is 6.69. The lowest BCUT2D eigenvalue weighted by Gasteiger charge is -2.10. The first-order valence-electron chi connectivity index (χ1n) is 8.00. The van der Waals surface area contributed by atoms with Gasteiger partial charge in [0.05, 0.1) is 6.54 Å². The Labute approximate surface area is 136 Å². The maximum absolute atomic E-state index is 12.1. The van der Waals surface area contributed by atoms with Crippen LogP contribution in [-0.2, 0) is 6.54 Å². The number of carbonyl (C=O) groups is 1. The minimum atomic E-state index is 0.180. The summed E-state index contributed by atoms with van der Waals surface area (Å²) < 4.78 is 7.99. The first-order chi connectivity index (χ1) is 11.2. The summed E-state index contributed by atoms with van der Waals surface area (Å²) in [6, 6.07) is 16.0. The number of aryl methyl sites for hydroxylation is 1. The molecule has 3 heteroatoms. The van der Waals surface area contributed by atoms with Crippen LogP contribution < -0.4 is 4.74 Å². The van der Waals surface area contributed by atoms with Crippen molar-refractivity contribution >= 4 is 16.7 Å². The molecule has 0 fully saturated rings. The predicted octanol–water partition coefficient (Wildman–Crippen LogP) is 4.62. The van der Waals surface area contributed by atoms with Crippen LogP contribution in [0.2, 0.25) is 0 Å². The molecule has 0 spiro atoms. The average Bonchev–Trinajstić information content (AvgIpc) is 2.95. The zero-order chi connectivity index (χ0) is 16.2. The molecule has 0 N–H and O–H groups in total. The van der Waals surface area contributed by atoms with Crippen LogP contribution in [0.25, 0.3) is 10.9 Å². The molecule has 3 aromatic rings. The van der Waals surface area contributed by atoms with Crippen molar-refractivity contribution in [3.63, 3.8) is 0 Å². The largest absolute Gasteiger partial charge is 0.491 e. The van der Waals surface area contributed by atoms with Gasteiger partial charge in [-0.25, -0.2) is 0 Å². The molecule has 0 amide bonds. The summed E-state index contributed by atoms with van der Waals surface area (Å²) >= 11 is 0. The highest BCUT2D eigenvalue weighted by Gasteiger charge is 2.13. The summed E-state index contributed by atoms with van der Waals surface area (Å²) in [5, 5.41) is 1.02. The Morgan fingerprint density at radius 1 is 1.09 bits per heavy atom. The van der Waals surface area contributed by atoms with Crippen molar-refractivity contribution in [2.45, 2.75) is 26.8 Å². The Hall–Kier alpha value is -2.55. The van der Waals surface area contributed by atoms with Gasteiger partial charge in [0.15, 0.2) is 5.78 Å². The van der Waals surface area contributed by atoms with Gasteiger partial charge in [-0.15, -0.1) is 0 Å². The normalized spacial score (nSPS) is 10.9. The van der Waals surface area contributed by atoms with E-state index in [1.54, 1.807) is 0 Å². The van der Waals surface area contributed by atoms with Gasteiger partial charge in [0, 0.05) is 29.1 Å². The molecule has 2 aromatic carbocycles.